The molecule has 1 aromatic carbocycles. The second kappa shape index (κ2) is 6.76. The fourth-order valence-corrected chi connectivity index (χ4v) is 1.66. The van der Waals surface area contributed by atoms with Crippen molar-refractivity contribution in [3.8, 4) is 18.1 Å². The molecule has 0 fully saturated rings. The lowest BCUT2D eigenvalue weighted by Crippen LogP contribution is -2.41. The van der Waals surface area contributed by atoms with Crippen molar-refractivity contribution < 1.29 is 13.9 Å². The van der Waals surface area contributed by atoms with Gasteiger partial charge < -0.3 is 15.8 Å². The number of halogens is 1. The van der Waals surface area contributed by atoms with Crippen LogP contribution in [0.25, 0.3) is 0 Å². The molecule has 1 amide bonds. The first kappa shape index (κ1) is 15.0. The molecular formula is C14H17FN2O2. The third kappa shape index (κ3) is 3.97. The Bertz CT molecular complexity index is 497. The van der Waals surface area contributed by atoms with E-state index >= 15 is 0 Å². The number of methoxy groups -OCH3 is 1. The number of nitrogens with two attached hydrogens (primary N) is 1. The lowest BCUT2D eigenvalue weighted by atomic mass is 10.1. The molecule has 3 N–H and O–H groups in total. The average Bonchev–Trinajstić information content (AvgIpc) is 2.38. The first-order valence-electron chi connectivity index (χ1n) is 5.82. The standard InChI is InChI=1S/C14H17FN2O2/c1-4-5-12(16)14(18)17-9(2)11-8-10(15)6-7-13(11)19-3/h1,6-9,12H,5,16H2,2-3H3,(H,17,18). The van der Waals surface area contributed by atoms with E-state index in [1.54, 1.807) is 6.92 Å². The van der Waals surface area contributed by atoms with Gasteiger partial charge in [-0.05, 0) is 25.1 Å². The van der Waals surface area contributed by atoms with Crippen LogP contribution in [-0.4, -0.2) is 19.1 Å². The fraction of sp³-hybridized carbons (Fsp3) is 0.357. The summed E-state index contributed by atoms with van der Waals surface area (Å²) >= 11 is 0. The van der Waals surface area contributed by atoms with E-state index in [2.05, 4.69) is 11.2 Å². The third-order valence-electron chi connectivity index (χ3n) is 2.69. The maximum absolute atomic E-state index is 13.2. The molecular weight excluding hydrogens is 247 g/mol. The smallest absolute Gasteiger partial charge is 0.238 e. The molecule has 1 aromatic rings. The third-order valence-corrected chi connectivity index (χ3v) is 2.69. The van der Waals surface area contributed by atoms with Crippen LogP contribution in [0.4, 0.5) is 4.39 Å². The molecule has 2 atom stereocenters. The van der Waals surface area contributed by atoms with Crippen LogP contribution < -0.4 is 15.8 Å². The van der Waals surface area contributed by atoms with Gasteiger partial charge >= 0.3 is 0 Å². The van der Waals surface area contributed by atoms with Crippen LogP contribution in [0.2, 0.25) is 0 Å². The molecule has 0 aliphatic rings. The van der Waals surface area contributed by atoms with E-state index in [1.807, 2.05) is 0 Å². The number of ether oxygens (including phenoxy) is 1. The van der Waals surface area contributed by atoms with Crippen molar-refractivity contribution in [1.82, 2.24) is 5.32 Å². The van der Waals surface area contributed by atoms with Crippen LogP contribution in [-0.2, 0) is 4.79 Å². The number of hydrogen-bond donors (Lipinski definition) is 2. The number of carbonyl (C=O) groups is 1. The molecule has 0 spiro atoms. The predicted octanol–water partition coefficient (Wildman–Crippen LogP) is 1.36. The van der Waals surface area contributed by atoms with Gasteiger partial charge in [0, 0.05) is 12.0 Å². The summed E-state index contributed by atoms with van der Waals surface area (Å²) in [5.74, 6) is 2.05. The minimum absolute atomic E-state index is 0.152. The van der Waals surface area contributed by atoms with Crippen LogP contribution in [0.5, 0.6) is 5.75 Å². The van der Waals surface area contributed by atoms with Crippen molar-refractivity contribution in [2.45, 2.75) is 25.4 Å². The maximum Gasteiger partial charge on any atom is 0.238 e. The highest BCUT2D eigenvalue weighted by atomic mass is 19.1. The normalized spacial score (nSPS) is 13.2. The van der Waals surface area contributed by atoms with E-state index < -0.39 is 17.9 Å². The van der Waals surface area contributed by atoms with E-state index in [0.717, 1.165) is 0 Å². The lowest BCUT2D eigenvalue weighted by Gasteiger charge is -2.19. The number of rotatable bonds is 5. The van der Waals surface area contributed by atoms with E-state index in [-0.39, 0.29) is 12.3 Å². The van der Waals surface area contributed by atoms with Gasteiger partial charge in [-0.3, -0.25) is 4.79 Å². The zero-order valence-corrected chi connectivity index (χ0v) is 10.9. The molecule has 5 heteroatoms. The number of hydrogen-bond acceptors (Lipinski definition) is 3. The predicted molar refractivity (Wildman–Crippen MR) is 70.9 cm³/mol. The Balaban J connectivity index is 2.83. The summed E-state index contributed by atoms with van der Waals surface area (Å²) in [5, 5.41) is 2.68. The van der Waals surface area contributed by atoms with E-state index in [1.165, 1.54) is 25.3 Å². The van der Waals surface area contributed by atoms with Crippen LogP contribution in [0.3, 0.4) is 0 Å². The molecule has 4 nitrogen and oxygen atoms in total. The number of carbonyl (C=O) groups excluding carboxylic acids is 1. The molecule has 0 saturated heterocycles. The lowest BCUT2D eigenvalue weighted by molar-refractivity contribution is -0.122. The topological polar surface area (TPSA) is 64.4 Å². The van der Waals surface area contributed by atoms with Crippen molar-refractivity contribution in [2.75, 3.05) is 7.11 Å². The molecule has 0 saturated carbocycles. The molecule has 0 bridgehead atoms. The minimum atomic E-state index is -0.771. The Morgan fingerprint density at radius 2 is 2.32 bits per heavy atom. The highest BCUT2D eigenvalue weighted by Crippen LogP contribution is 2.25. The Kier molecular flexibility index (Phi) is 5.34. The van der Waals surface area contributed by atoms with Crippen LogP contribution >= 0.6 is 0 Å². The summed E-state index contributed by atoms with van der Waals surface area (Å²) in [6.45, 7) is 1.72. The largest absolute Gasteiger partial charge is 0.496 e. The van der Waals surface area contributed by atoms with Gasteiger partial charge in [-0.2, -0.15) is 0 Å². The molecule has 2 unspecified atom stereocenters. The Hall–Kier alpha value is -2.06. The Morgan fingerprint density at radius 1 is 1.63 bits per heavy atom. The van der Waals surface area contributed by atoms with Crippen LogP contribution in [0.15, 0.2) is 18.2 Å². The van der Waals surface area contributed by atoms with Crippen molar-refractivity contribution in [3.63, 3.8) is 0 Å². The number of nitrogens with one attached hydrogen (secondary N) is 1. The second-order valence-electron chi connectivity index (χ2n) is 4.13. The summed E-state index contributed by atoms with van der Waals surface area (Å²) in [4.78, 5) is 11.7. The average molecular weight is 264 g/mol. The van der Waals surface area contributed by atoms with Crippen molar-refractivity contribution >= 4 is 5.91 Å². The monoisotopic (exact) mass is 264 g/mol. The van der Waals surface area contributed by atoms with Gasteiger partial charge in [0.25, 0.3) is 0 Å². The van der Waals surface area contributed by atoms with Crippen molar-refractivity contribution in [2.24, 2.45) is 5.73 Å². The van der Waals surface area contributed by atoms with E-state index in [9.17, 15) is 9.18 Å². The van der Waals surface area contributed by atoms with Gasteiger partial charge in [0.05, 0.1) is 19.2 Å². The van der Waals surface area contributed by atoms with Gasteiger partial charge in [0.1, 0.15) is 11.6 Å². The number of amides is 1. The highest BCUT2D eigenvalue weighted by molar-refractivity contribution is 5.82. The molecule has 19 heavy (non-hydrogen) atoms. The van der Waals surface area contributed by atoms with E-state index in [4.69, 9.17) is 16.9 Å². The molecule has 1 rings (SSSR count). The van der Waals surface area contributed by atoms with Gasteiger partial charge in [-0.1, -0.05) is 0 Å². The minimum Gasteiger partial charge on any atom is -0.496 e. The SMILES string of the molecule is C#CCC(N)C(=O)NC(C)c1cc(F)ccc1OC. The summed E-state index contributed by atoms with van der Waals surface area (Å²) in [7, 11) is 1.48. The highest BCUT2D eigenvalue weighted by Gasteiger charge is 2.18. The first-order chi connectivity index (χ1) is 8.99. The number of benzene rings is 1. The zero-order valence-electron chi connectivity index (χ0n) is 10.9. The van der Waals surface area contributed by atoms with Gasteiger partial charge in [0.2, 0.25) is 5.91 Å². The van der Waals surface area contributed by atoms with E-state index in [0.29, 0.717) is 11.3 Å². The molecule has 0 aromatic heterocycles. The molecule has 0 aliphatic heterocycles. The number of terminal acetylenes is 1. The van der Waals surface area contributed by atoms with Crippen LogP contribution in [0, 0.1) is 18.2 Å². The van der Waals surface area contributed by atoms with Crippen molar-refractivity contribution in [1.29, 1.82) is 0 Å². The van der Waals surface area contributed by atoms with Crippen molar-refractivity contribution in [3.05, 3.63) is 29.6 Å². The summed E-state index contributed by atoms with van der Waals surface area (Å²) < 4.78 is 18.4. The van der Waals surface area contributed by atoms with Gasteiger partial charge in [0.15, 0.2) is 0 Å². The molecule has 0 radical (unpaired) electrons. The van der Waals surface area contributed by atoms with Gasteiger partial charge in [-0.25, -0.2) is 4.39 Å². The quantitative estimate of drug-likeness (QED) is 0.789. The Morgan fingerprint density at radius 3 is 2.89 bits per heavy atom. The molecule has 0 heterocycles. The summed E-state index contributed by atoms with van der Waals surface area (Å²) in [5.41, 5.74) is 6.14. The second-order valence-corrected chi connectivity index (χ2v) is 4.13. The summed E-state index contributed by atoms with van der Waals surface area (Å²) in [6, 6.07) is 2.92. The fourth-order valence-electron chi connectivity index (χ4n) is 1.66. The zero-order chi connectivity index (χ0) is 14.4. The summed E-state index contributed by atoms with van der Waals surface area (Å²) in [6.07, 6.45) is 5.25. The van der Waals surface area contributed by atoms with Gasteiger partial charge in [-0.15, -0.1) is 12.3 Å². The van der Waals surface area contributed by atoms with Crippen LogP contribution in [0.1, 0.15) is 24.9 Å². The Labute approximate surface area is 112 Å². The first-order valence-corrected chi connectivity index (χ1v) is 5.82. The maximum atomic E-state index is 13.2. The molecule has 102 valence electrons. The molecule has 0 aliphatic carbocycles.